The van der Waals surface area contributed by atoms with E-state index in [0.29, 0.717) is 6.61 Å². The fourth-order valence-electron chi connectivity index (χ4n) is 3.88. The highest BCUT2D eigenvalue weighted by Gasteiger charge is 2.18. The number of hydrogen-bond donors (Lipinski definition) is 1. The minimum absolute atomic E-state index is 0.251. The first-order valence-corrected chi connectivity index (χ1v) is 10.2. The molecule has 0 aromatic heterocycles. The Balaban J connectivity index is 2.06. The van der Waals surface area contributed by atoms with E-state index in [4.69, 9.17) is 4.74 Å². The van der Waals surface area contributed by atoms with E-state index in [1.54, 1.807) is 24.3 Å². The molecule has 0 unspecified atom stereocenters. The Morgan fingerprint density at radius 1 is 0.833 bits per heavy atom. The zero-order valence-corrected chi connectivity index (χ0v) is 18.6. The Morgan fingerprint density at radius 2 is 1.33 bits per heavy atom. The normalized spacial score (nSPS) is 10.8. The third kappa shape index (κ3) is 4.25. The van der Waals surface area contributed by atoms with Crippen LogP contribution in [-0.2, 0) is 0 Å². The molecule has 0 saturated heterocycles. The van der Waals surface area contributed by atoms with Crippen LogP contribution >= 0.6 is 0 Å². The molecule has 156 valence electrons. The van der Waals surface area contributed by atoms with Gasteiger partial charge in [-0.2, -0.15) is 0 Å². The van der Waals surface area contributed by atoms with Crippen molar-refractivity contribution < 1.29 is 14.2 Å². The predicted octanol–water partition coefficient (Wildman–Crippen LogP) is 7.44. The van der Waals surface area contributed by atoms with Crippen LogP contribution in [0, 0.1) is 33.5 Å². The van der Waals surface area contributed by atoms with Gasteiger partial charge in [0.25, 0.3) is 0 Å². The second-order valence-corrected chi connectivity index (χ2v) is 8.03. The third-order valence-corrected chi connectivity index (χ3v) is 5.73. The molecular weight excluding hydrogens is 375 g/mol. The number of hydrogen-bond acceptors (Lipinski definition) is 2. The van der Waals surface area contributed by atoms with Crippen LogP contribution in [0.4, 0.5) is 4.39 Å². The highest BCUT2D eigenvalue weighted by molar-refractivity contribution is 5.83. The number of aromatic hydroxyl groups is 1. The molecule has 0 saturated carbocycles. The number of benzene rings is 3. The van der Waals surface area contributed by atoms with Crippen LogP contribution in [0.3, 0.4) is 0 Å². The minimum Gasteiger partial charge on any atom is -0.508 e. The van der Waals surface area contributed by atoms with Crippen molar-refractivity contribution in [2.45, 2.75) is 41.5 Å². The van der Waals surface area contributed by atoms with Crippen molar-refractivity contribution in [1.82, 2.24) is 0 Å². The van der Waals surface area contributed by atoms with E-state index in [9.17, 15) is 9.50 Å². The van der Waals surface area contributed by atoms with Gasteiger partial charge in [-0.3, -0.25) is 0 Å². The van der Waals surface area contributed by atoms with Crippen LogP contribution in [0.15, 0.2) is 54.1 Å². The van der Waals surface area contributed by atoms with Crippen molar-refractivity contribution in [1.29, 1.82) is 0 Å². The molecule has 0 atom stereocenters. The SMILES string of the molecule is CC(C)=CCOc1ccc(-c2c(C)c(C)c(-c3ccc(O)cc3)c(C)c2C)cc1F. The quantitative estimate of drug-likeness (QED) is 0.448. The number of halogens is 1. The van der Waals surface area contributed by atoms with Gasteiger partial charge in [0.2, 0.25) is 0 Å². The fourth-order valence-corrected chi connectivity index (χ4v) is 3.88. The van der Waals surface area contributed by atoms with Crippen LogP contribution in [0.25, 0.3) is 22.3 Å². The molecular formula is C27H29FO2. The maximum atomic E-state index is 14.7. The van der Waals surface area contributed by atoms with Crippen LogP contribution in [-0.4, -0.2) is 11.7 Å². The van der Waals surface area contributed by atoms with Crippen LogP contribution in [0.5, 0.6) is 11.5 Å². The van der Waals surface area contributed by atoms with Gasteiger partial charge in [-0.05, 0) is 116 Å². The van der Waals surface area contributed by atoms with E-state index in [1.807, 2.05) is 38.1 Å². The molecule has 3 heteroatoms. The standard InChI is InChI=1S/C27H29FO2/c1-16(2)13-14-30-25-12-9-22(15-24(25)28)27-19(5)17(3)26(18(4)20(27)6)21-7-10-23(29)11-8-21/h7-13,15,29H,14H2,1-6H3. The summed E-state index contributed by atoms with van der Waals surface area (Å²) in [5.41, 5.74) is 9.83. The summed E-state index contributed by atoms with van der Waals surface area (Å²) < 4.78 is 20.3. The molecule has 0 amide bonds. The topological polar surface area (TPSA) is 29.5 Å². The first-order chi connectivity index (χ1) is 14.2. The van der Waals surface area contributed by atoms with Gasteiger partial charge in [-0.1, -0.05) is 23.8 Å². The van der Waals surface area contributed by atoms with E-state index < -0.39 is 0 Å². The Bertz CT molecular complexity index is 1080. The molecule has 3 rings (SSSR count). The van der Waals surface area contributed by atoms with Crippen LogP contribution < -0.4 is 4.74 Å². The minimum atomic E-state index is -0.355. The number of phenols is 1. The molecule has 0 spiro atoms. The monoisotopic (exact) mass is 404 g/mol. The average molecular weight is 405 g/mol. The van der Waals surface area contributed by atoms with Gasteiger partial charge in [0.05, 0.1) is 0 Å². The van der Waals surface area contributed by atoms with E-state index in [2.05, 4.69) is 27.7 Å². The Hall–Kier alpha value is -3.07. The van der Waals surface area contributed by atoms with Crippen molar-refractivity contribution >= 4 is 0 Å². The van der Waals surface area contributed by atoms with Crippen LogP contribution in [0.1, 0.15) is 36.1 Å². The summed E-state index contributed by atoms with van der Waals surface area (Å²) in [6, 6.07) is 12.5. The fraction of sp³-hybridized carbons (Fsp3) is 0.259. The van der Waals surface area contributed by atoms with Crippen molar-refractivity contribution in [3.63, 3.8) is 0 Å². The maximum absolute atomic E-state index is 14.7. The first kappa shape index (κ1) is 21.6. The van der Waals surface area contributed by atoms with E-state index in [-0.39, 0.29) is 17.3 Å². The number of rotatable bonds is 5. The smallest absolute Gasteiger partial charge is 0.165 e. The van der Waals surface area contributed by atoms with Crippen molar-refractivity contribution in [3.05, 3.63) is 82.2 Å². The second-order valence-electron chi connectivity index (χ2n) is 8.03. The molecule has 0 heterocycles. The van der Waals surface area contributed by atoms with Gasteiger partial charge in [0.1, 0.15) is 12.4 Å². The van der Waals surface area contributed by atoms with E-state index >= 15 is 0 Å². The molecule has 0 radical (unpaired) electrons. The largest absolute Gasteiger partial charge is 0.508 e. The number of phenolic OH excluding ortho intramolecular Hbond substituents is 1. The van der Waals surface area contributed by atoms with Crippen molar-refractivity contribution in [3.8, 4) is 33.8 Å². The zero-order valence-electron chi connectivity index (χ0n) is 18.6. The number of ether oxygens (including phenoxy) is 1. The Labute approximate surface area is 178 Å². The summed E-state index contributed by atoms with van der Waals surface area (Å²) in [6.07, 6.45) is 1.93. The van der Waals surface area contributed by atoms with Gasteiger partial charge in [0.15, 0.2) is 11.6 Å². The van der Waals surface area contributed by atoms with Crippen molar-refractivity contribution in [2.24, 2.45) is 0 Å². The molecule has 0 fully saturated rings. The Morgan fingerprint density at radius 3 is 1.83 bits per heavy atom. The molecule has 0 aliphatic rings. The van der Waals surface area contributed by atoms with Gasteiger partial charge in [-0.15, -0.1) is 0 Å². The second kappa shape index (κ2) is 8.74. The third-order valence-electron chi connectivity index (χ3n) is 5.73. The molecule has 3 aromatic rings. The van der Waals surface area contributed by atoms with E-state index in [0.717, 1.165) is 50.1 Å². The lowest BCUT2D eigenvalue weighted by molar-refractivity contribution is 0.341. The summed E-state index contributed by atoms with van der Waals surface area (Å²) in [6.45, 7) is 12.7. The summed E-state index contributed by atoms with van der Waals surface area (Å²) >= 11 is 0. The molecule has 0 aliphatic heterocycles. The lowest BCUT2D eigenvalue weighted by atomic mass is 9.83. The highest BCUT2D eigenvalue weighted by atomic mass is 19.1. The average Bonchev–Trinajstić information content (AvgIpc) is 2.69. The summed E-state index contributed by atoms with van der Waals surface area (Å²) in [5, 5.41) is 9.62. The molecule has 3 aromatic carbocycles. The first-order valence-electron chi connectivity index (χ1n) is 10.2. The van der Waals surface area contributed by atoms with Gasteiger partial charge in [0, 0.05) is 0 Å². The zero-order chi connectivity index (χ0) is 22.0. The Kier molecular flexibility index (Phi) is 6.31. The van der Waals surface area contributed by atoms with E-state index in [1.165, 1.54) is 0 Å². The molecule has 1 N–H and O–H groups in total. The molecule has 30 heavy (non-hydrogen) atoms. The van der Waals surface area contributed by atoms with Gasteiger partial charge < -0.3 is 9.84 Å². The lowest BCUT2D eigenvalue weighted by Gasteiger charge is -2.21. The summed E-state index contributed by atoms with van der Waals surface area (Å²) in [4.78, 5) is 0. The molecule has 2 nitrogen and oxygen atoms in total. The molecule has 0 bridgehead atoms. The summed E-state index contributed by atoms with van der Waals surface area (Å²) in [7, 11) is 0. The van der Waals surface area contributed by atoms with Crippen molar-refractivity contribution in [2.75, 3.05) is 6.61 Å². The highest BCUT2D eigenvalue weighted by Crippen LogP contribution is 2.40. The van der Waals surface area contributed by atoms with Gasteiger partial charge in [-0.25, -0.2) is 4.39 Å². The molecule has 0 aliphatic carbocycles. The van der Waals surface area contributed by atoms with Gasteiger partial charge >= 0.3 is 0 Å². The maximum Gasteiger partial charge on any atom is 0.165 e. The van der Waals surface area contributed by atoms with Crippen LogP contribution in [0.2, 0.25) is 0 Å². The summed E-state index contributed by atoms with van der Waals surface area (Å²) in [5.74, 6) is 0.161. The lowest BCUT2D eigenvalue weighted by Crippen LogP contribution is -2.01. The predicted molar refractivity (Wildman–Crippen MR) is 123 cm³/mol. The number of allylic oxidation sites excluding steroid dienone is 1.